The maximum atomic E-state index is 11.1. The van der Waals surface area contributed by atoms with Gasteiger partial charge in [-0.15, -0.1) is 0 Å². The number of nitro benzene ring substituents is 3. The van der Waals surface area contributed by atoms with Crippen LogP contribution in [0.5, 0.6) is 5.75 Å². The van der Waals surface area contributed by atoms with Crippen molar-refractivity contribution in [3.8, 4) is 5.75 Å². The van der Waals surface area contributed by atoms with Crippen LogP contribution in [0.4, 0.5) is 17.1 Å². The average Bonchev–Trinajstić information content (AvgIpc) is 2.94. The van der Waals surface area contributed by atoms with E-state index in [9.17, 15) is 35.4 Å². The second kappa shape index (κ2) is 7.21. The first-order valence-electron chi connectivity index (χ1n) is 6.95. The Morgan fingerprint density at radius 3 is 1.92 bits per heavy atom. The van der Waals surface area contributed by atoms with Gasteiger partial charge in [-0.05, 0) is 12.1 Å². The molecule has 0 fully saturated rings. The highest BCUT2D eigenvalue weighted by Gasteiger charge is 2.24. The number of nitrogens with zero attached hydrogens (tertiary/aromatic N) is 3. The fraction of sp³-hybridized carbons (Fsp3) is 0.0714. The van der Waals surface area contributed by atoms with Gasteiger partial charge < -0.3 is 5.11 Å². The molecule has 0 radical (unpaired) electrons. The molecule has 0 unspecified atom stereocenters. The predicted octanol–water partition coefficient (Wildman–Crippen LogP) is 1.78. The number of imidazole rings is 1. The fourth-order valence-corrected chi connectivity index (χ4v) is 2.10. The van der Waals surface area contributed by atoms with Gasteiger partial charge in [0.05, 0.1) is 32.7 Å². The first-order valence-corrected chi connectivity index (χ1v) is 6.95. The van der Waals surface area contributed by atoms with Crippen molar-refractivity contribution in [2.24, 2.45) is 0 Å². The molecule has 3 aromatic rings. The molecule has 26 heavy (non-hydrogen) atoms. The molecule has 0 saturated carbocycles. The van der Waals surface area contributed by atoms with Crippen LogP contribution in [0.1, 0.15) is 5.82 Å². The number of nitrogens with one attached hydrogen (secondary N) is 2. The van der Waals surface area contributed by atoms with Gasteiger partial charge >= 0.3 is 0 Å². The van der Waals surface area contributed by atoms with E-state index in [0.717, 1.165) is 5.82 Å². The number of nitro groups is 3. The van der Waals surface area contributed by atoms with Crippen LogP contribution < -0.4 is 10.1 Å². The highest BCUT2D eigenvalue weighted by atomic mass is 16.6. The van der Waals surface area contributed by atoms with Gasteiger partial charge in [-0.3, -0.25) is 30.3 Å². The van der Waals surface area contributed by atoms with Crippen molar-refractivity contribution >= 4 is 28.1 Å². The van der Waals surface area contributed by atoms with E-state index in [2.05, 4.69) is 22.1 Å². The maximum absolute atomic E-state index is 11.1. The second-order valence-corrected chi connectivity index (χ2v) is 5.01. The number of rotatable bonds is 3. The third kappa shape index (κ3) is 3.87. The van der Waals surface area contributed by atoms with Crippen LogP contribution in [0.25, 0.3) is 11.0 Å². The Hall–Kier alpha value is -4.09. The molecule has 3 rings (SSSR count). The number of H-pyrrole nitrogens is 2. The third-order valence-electron chi connectivity index (χ3n) is 3.21. The minimum Gasteiger partial charge on any atom is -0.863 e. The Morgan fingerprint density at radius 1 is 0.923 bits per heavy atom. The largest absolute Gasteiger partial charge is 0.863 e. The summed E-state index contributed by atoms with van der Waals surface area (Å²) in [6.45, 7) is 2.01. The Kier molecular flexibility index (Phi) is 5.06. The number of benzene rings is 2. The summed E-state index contributed by atoms with van der Waals surface area (Å²) >= 11 is 0. The van der Waals surface area contributed by atoms with Crippen molar-refractivity contribution in [3.05, 3.63) is 72.6 Å². The smallest absolute Gasteiger partial charge is 0.283 e. The Labute approximate surface area is 144 Å². The summed E-state index contributed by atoms with van der Waals surface area (Å²) in [5.74, 6) is -0.359. The average molecular weight is 361 g/mol. The summed E-state index contributed by atoms with van der Waals surface area (Å²) in [5, 5.41) is 42.1. The van der Waals surface area contributed by atoms with Crippen LogP contribution in [-0.4, -0.2) is 19.8 Å². The van der Waals surface area contributed by atoms with E-state index in [0.29, 0.717) is 12.1 Å². The zero-order chi connectivity index (χ0) is 19.4. The van der Waals surface area contributed by atoms with Gasteiger partial charge in [0, 0.05) is 6.92 Å². The normalized spacial score (nSPS) is 10.0. The van der Waals surface area contributed by atoms with Gasteiger partial charge in [-0.25, -0.2) is 9.97 Å². The molecule has 12 heteroatoms. The fourth-order valence-electron chi connectivity index (χ4n) is 2.10. The lowest BCUT2D eigenvalue weighted by molar-refractivity contribution is -0.420. The lowest BCUT2D eigenvalue weighted by atomic mass is 10.2. The lowest BCUT2D eigenvalue weighted by Gasteiger charge is -2.06. The second-order valence-electron chi connectivity index (χ2n) is 5.01. The van der Waals surface area contributed by atoms with Crippen LogP contribution in [-0.2, 0) is 0 Å². The molecule has 12 nitrogen and oxygen atoms in total. The van der Waals surface area contributed by atoms with E-state index in [4.69, 9.17) is 0 Å². The molecule has 134 valence electrons. The standard InChI is InChI=1S/C8H8N2.C6H3N3O7/c1-6-9-7-4-2-3-5-8(7)10-6;10-6-4(8(13)14)1-3(7(11)12)2-5(6)9(15)16/h2-5H,1H3,(H,9,10);1-2,10H. The Morgan fingerprint density at radius 2 is 1.46 bits per heavy atom. The Balaban J connectivity index is 0.000000206. The van der Waals surface area contributed by atoms with Gasteiger partial charge in [0.25, 0.3) is 17.1 Å². The van der Waals surface area contributed by atoms with Gasteiger partial charge in [-0.1, -0.05) is 12.1 Å². The van der Waals surface area contributed by atoms with Crippen molar-refractivity contribution in [2.75, 3.05) is 0 Å². The van der Waals surface area contributed by atoms with E-state index >= 15 is 0 Å². The molecular weight excluding hydrogens is 350 g/mol. The molecule has 0 bridgehead atoms. The first kappa shape index (κ1) is 18.3. The van der Waals surface area contributed by atoms with Crippen molar-refractivity contribution in [1.82, 2.24) is 4.98 Å². The van der Waals surface area contributed by atoms with Gasteiger partial charge in [0.1, 0.15) is 0 Å². The summed E-state index contributed by atoms with van der Waals surface area (Å²) < 4.78 is 0. The first-order chi connectivity index (χ1) is 12.2. The number of fused-ring (bicyclic) bond motifs is 1. The summed E-state index contributed by atoms with van der Waals surface area (Å²) in [4.78, 5) is 33.9. The van der Waals surface area contributed by atoms with Gasteiger partial charge in [0.2, 0.25) is 5.82 Å². The number of aryl methyl sites for hydroxylation is 1. The molecule has 0 aliphatic carbocycles. The number of para-hydroxylation sites is 2. The van der Waals surface area contributed by atoms with E-state index < -0.39 is 37.6 Å². The summed E-state index contributed by atoms with van der Waals surface area (Å²) in [5.41, 5.74) is -0.931. The summed E-state index contributed by atoms with van der Waals surface area (Å²) in [7, 11) is 0. The third-order valence-corrected chi connectivity index (χ3v) is 3.21. The number of aromatic nitrogens is 2. The highest BCUT2D eigenvalue weighted by molar-refractivity contribution is 5.70. The van der Waals surface area contributed by atoms with E-state index in [1.54, 1.807) is 0 Å². The minimum atomic E-state index is -1.46. The van der Waals surface area contributed by atoms with E-state index in [1.807, 2.05) is 19.1 Å². The zero-order valence-corrected chi connectivity index (χ0v) is 13.2. The quantitative estimate of drug-likeness (QED) is 0.544. The summed E-state index contributed by atoms with van der Waals surface area (Å²) in [6, 6.07) is 8.92. The monoisotopic (exact) mass is 361 g/mol. The molecule has 0 atom stereocenters. The molecule has 0 saturated heterocycles. The van der Waals surface area contributed by atoms with Crippen molar-refractivity contribution < 1.29 is 24.9 Å². The van der Waals surface area contributed by atoms with Crippen LogP contribution in [0.2, 0.25) is 0 Å². The molecule has 2 N–H and O–H groups in total. The molecule has 1 heterocycles. The summed E-state index contributed by atoms with van der Waals surface area (Å²) in [6.07, 6.45) is 0. The van der Waals surface area contributed by atoms with Crippen LogP contribution in [0.15, 0.2) is 36.4 Å². The Bertz CT molecular complexity index is 946. The number of aromatic amines is 2. The minimum absolute atomic E-state index is 0.384. The van der Waals surface area contributed by atoms with Gasteiger partial charge in [0.15, 0.2) is 11.0 Å². The number of hydrogen-bond acceptors (Lipinski definition) is 7. The van der Waals surface area contributed by atoms with Crippen LogP contribution in [0, 0.1) is 37.3 Å². The molecule has 1 aromatic heterocycles. The lowest BCUT2D eigenvalue weighted by Crippen LogP contribution is -2.04. The molecular formula is C14H11N5O7. The predicted molar refractivity (Wildman–Crippen MR) is 85.4 cm³/mol. The van der Waals surface area contributed by atoms with E-state index in [-0.39, 0.29) is 0 Å². The van der Waals surface area contributed by atoms with Gasteiger partial charge in [-0.2, -0.15) is 0 Å². The van der Waals surface area contributed by atoms with Crippen LogP contribution >= 0.6 is 0 Å². The molecule has 0 aliphatic rings. The number of hydrogen-bond donors (Lipinski definition) is 1. The topological polar surface area (TPSA) is 182 Å². The molecule has 0 amide bonds. The maximum Gasteiger partial charge on any atom is 0.283 e. The van der Waals surface area contributed by atoms with Crippen molar-refractivity contribution in [1.29, 1.82) is 0 Å². The number of non-ortho nitro benzene ring substituents is 1. The molecule has 0 aliphatic heterocycles. The molecule has 2 aromatic carbocycles. The van der Waals surface area contributed by atoms with Crippen molar-refractivity contribution in [2.45, 2.75) is 6.92 Å². The van der Waals surface area contributed by atoms with Crippen molar-refractivity contribution in [3.63, 3.8) is 0 Å². The highest BCUT2D eigenvalue weighted by Crippen LogP contribution is 2.36. The molecule has 0 spiro atoms. The van der Waals surface area contributed by atoms with E-state index in [1.165, 1.54) is 11.0 Å². The SMILES string of the molecule is Cc1[nH]c2ccccc2[nH+]1.O=[N+]([O-])c1cc([N+](=O)[O-])c([O-])c([N+](=O)[O-])c1. The van der Waals surface area contributed by atoms with Crippen LogP contribution in [0.3, 0.4) is 0 Å². The zero-order valence-electron chi connectivity index (χ0n) is 13.2.